The van der Waals surface area contributed by atoms with Crippen LogP contribution < -0.4 is 5.56 Å². The first-order valence-electron chi connectivity index (χ1n) is 8.79. The fourth-order valence-electron chi connectivity index (χ4n) is 2.55. The van der Waals surface area contributed by atoms with Gasteiger partial charge < -0.3 is 9.47 Å². The minimum absolute atomic E-state index is 0.0589. The zero-order chi connectivity index (χ0) is 19.4. The standard InChI is InChI=1S/C21H22N2O4/c1-14(2)26-12-16-5-7-17(8-6-16)21(25)27-13-18-10-20(24)23-11-15(3)4-9-19(23)22-18/h4-11,14H,12-13H2,1-3H3. The van der Waals surface area contributed by atoms with Crippen LogP contribution in [0.2, 0.25) is 0 Å². The summed E-state index contributed by atoms with van der Waals surface area (Å²) >= 11 is 0. The largest absolute Gasteiger partial charge is 0.456 e. The minimum atomic E-state index is -0.461. The number of hydrogen-bond donors (Lipinski definition) is 0. The van der Waals surface area contributed by atoms with Crippen LogP contribution in [0.1, 0.15) is 41.0 Å². The van der Waals surface area contributed by atoms with Gasteiger partial charge in [0.25, 0.3) is 5.56 Å². The van der Waals surface area contributed by atoms with E-state index in [1.165, 1.54) is 10.5 Å². The Morgan fingerprint density at radius 2 is 1.85 bits per heavy atom. The highest BCUT2D eigenvalue weighted by Gasteiger charge is 2.10. The molecule has 0 aliphatic carbocycles. The molecule has 0 unspecified atom stereocenters. The van der Waals surface area contributed by atoms with Gasteiger partial charge in [-0.15, -0.1) is 0 Å². The summed E-state index contributed by atoms with van der Waals surface area (Å²) < 4.78 is 12.3. The summed E-state index contributed by atoms with van der Waals surface area (Å²) in [4.78, 5) is 28.8. The van der Waals surface area contributed by atoms with Gasteiger partial charge in [0.05, 0.1) is 24.0 Å². The number of ether oxygens (including phenoxy) is 2. The van der Waals surface area contributed by atoms with Crippen molar-refractivity contribution >= 4 is 11.6 Å². The molecule has 3 rings (SSSR count). The normalized spacial score (nSPS) is 11.1. The predicted octanol–water partition coefficient (Wildman–Crippen LogP) is 3.28. The number of rotatable bonds is 6. The first kappa shape index (κ1) is 18.8. The molecule has 0 fully saturated rings. The Labute approximate surface area is 157 Å². The van der Waals surface area contributed by atoms with E-state index in [4.69, 9.17) is 9.47 Å². The van der Waals surface area contributed by atoms with Crippen LogP contribution in [-0.2, 0) is 22.7 Å². The van der Waals surface area contributed by atoms with E-state index in [1.54, 1.807) is 24.4 Å². The minimum Gasteiger partial charge on any atom is -0.456 e. The lowest BCUT2D eigenvalue weighted by molar-refractivity contribution is 0.0467. The maximum absolute atomic E-state index is 12.2. The molecule has 2 heterocycles. The van der Waals surface area contributed by atoms with E-state index in [0.717, 1.165) is 11.1 Å². The van der Waals surface area contributed by atoms with Gasteiger partial charge in [0, 0.05) is 12.3 Å². The van der Waals surface area contributed by atoms with Crippen LogP contribution >= 0.6 is 0 Å². The van der Waals surface area contributed by atoms with Crippen molar-refractivity contribution in [1.82, 2.24) is 9.38 Å². The summed E-state index contributed by atoms with van der Waals surface area (Å²) in [5.41, 5.74) is 3.13. The molecular formula is C21H22N2O4. The molecule has 2 aromatic heterocycles. The maximum atomic E-state index is 12.2. The second kappa shape index (κ2) is 8.14. The zero-order valence-electron chi connectivity index (χ0n) is 15.6. The van der Waals surface area contributed by atoms with E-state index in [1.807, 2.05) is 39.0 Å². The van der Waals surface area contributed by atoms with Crippen molar-refractivity contribution in [2.24, 2.45) is 0 Å². The maximum Gasteiger partial charge on any atom is 0.338 e. The summed E-state index contributed by atoms with van der Waals surface area (Å²) in [5.74, 6) is -0.461. The highest BCUT2D eigenvalue weighted by molar-refractivity contribution is 5.89. The number of pyridine rings is 1. The number of aryl methyl sites for hydroxylation is 1. The van der Waals surface area contributed by atoms with Gasteiger partial charge in [-0.25, -0.2) is 9.78 Å². The Balaban J connectivity index is 1.66. The second-order valence-corrected chi connectivity index (χ2v) is 6.65. The molecule has 0 bridgehead atoms. The van der Waals surface area contributed by atoms with Crippen LogP contribution in [-0.4, -0.2) is 21.5 Å². The smallest absolute Gasteiger partial charge is 0.338 e. The molecule has 0 atom stereocenters. The third kappa shape index (κ3) is 4.80. The van der Waals surface area contributed by atoms with Crippen LogP contribution in [0.4, 0.5) is 0 Å². The summed E-state index contributed by atoms with van der Waals surface area (Å²) in [7, 11) is 0. The van der Waals surface area contributed by atoms with Gasteiger partial charge in [0.15, 0.2) is 0 Å². The van der Waals surface area contributed by atoms with Gasteiger partial charge in [-0.1, -0.05) is 18.2 Å². The summed E-state index contributed by atoms with van der Waals surface area (Å²) in [6, 6.07) is 12.1. The van der Waals surface area contributed by atoms with Gasteiger partial charge in [-0.2, -0.15) is 0 Å². The van der Waals surface area contributed by atoms with E-state index in [2.05, 4.69) is 4.98 Å². The van der Waals surface area contributed by atoms with E-state index in [-0.39, 0.29) is 18.3 Å². The van der Waals surface area contributed by atoms with Crippen LogP contribution in [0.5, 0.6) is 0 Å². The second-order valence-electron chi connectivity index (χ2n) is 6.65. The lowest BCUT2D eigenvalue weighted by Gasteiger charge is -2.09. The van der Waals surface area contributed by atoms with Gasteiger partial charge in [0.1, 0.15) is 12.3 Å². The average molecular weight is 366 g/mol. The fourth-order valence-corrected chi connectivity index (χ4v) is 2.55. The van der Waals surface area contributed by atoms with Crippen LogP contribution in [0.3, 0.4) is 0 Å². The van der Waals surface area contributed by atoms with Crippen molar-refractivity contribution in [2.75, 3.05) is 0 Å². The molecule has 0 spiro atoms. The first-order valence-corrected chi connectivity index (χ1v) is 8.79. The van der Waals surface area contributed by atoms with Gasteiger partial charge in [-0.05, 0) is 50.1 Å². The lowest BCUT2D eigenvalue weighted by atomic mass is 10.1. The number of hydrogen-bond acceptors (Lipinski definition) is 5. The Bertz CT molecular complexity index is 1010. The molecule has 0 amide bonds. The number of carbonyl (C=O) groups excluding carboxylic acids is 1. The number of benzene rings is 1. The third-order valence-corrected chi connectivity index (χ3v) is 3.98. The van der Waals surface area contributed by atoms with Gasteiger partial charge >= 0.3 is 5.97 Å². The number of fused-ring (bicyclic) bond motifs is 1. The Morgan fingerprint density at radius 3 is 2.56 bits per heavy atom. The van der Waals surface area contributed by atoms with E-state index in [9.17, 15) is 9.59 Å². The van der Waals surface area contributed by atoms with Crippen molar-refractivity contribution in [1.29, 1.82) is 0 Å². The number of esters is 1. The Hall–Kier alpha value is -2.99. The molecular weight excluding hydrogens is 344 g/mol. The molecule has 0 aliphatic rings. The lowest BCUT2D eigenvalue weighted by Crippen LogP contribution is -2.17. The molecule has 27 heavy (non-hydrogen) atoms. The van der Waals surface area contributed by atoms with Crippen LogP contribution in [0.25, 0.3) is 5.65 Å². The monoisotopic (exact) mass is 366 g/mol. The molecule has 6 heteroatoms. The zero-order valence-corrected chi connectivity index (χ0v) is 15.6. The highest BCUT2D eigenvalue weighted by Crippen LogP contribution is 2.10. The fraction of sp³-hybridized carbons (Fsp3) is 0.286. The van der Waals surface area contributed by atoms with Crippen molar-refractivity contribution in [3.63, 3.8) is 0 Å². The summed E-state index contributed by atoms with van der Waals surface area (Å²) in [6.45, 7) is 6.29. The van der Waals surface area contributed by atoms with Crippen molar-refractivity contribution in [3.05, 3.63) is 81.4 Å². The number of aromatic nitrogens is 2. The van der Waals surface area contributed by atoms with Crippen molar-refractivity contribution in [2.45, 2.75) is 40.1 Å². The molecule has 140 valence electrons. The van der Waals surface area contributed by atoms with Gasteiger partial charge in [0.2, 0.25) is 0 Å². The summed E-state index contributed by atoms with van der Waals surface area (Å²) in [5, 5.41) is 0. The predicted molar refractivity (Wildman–Crippen MR) is 102 cm³/mol. The quantitative estimate of drug-likeness (QED) is 0.626. The highest BCUT2D eigenvalue weighted by atomic mass is 16.5. The van der Waals surface area contributed by atoms with Crippen LogP contribution in [0, 0.1) is 6.92 Å². The number of nitrogens with zero attached hydrogens (tertiary/aromatic N) is 2. The van der Waals surface area contributed by atoms with E-state index < -0.39 is 5.97 Å². The SMILES string of the molecule is Cc1ccc2nc(COC(=O)c3ccc(COC(C)C)cc3)cc(=O)n2c1. The van der Waals surface area contributed by atoms with Crippen molar-refractivity contribution < 1.29 is 14.3 Å². The molecule has 0 saturated carbocycles. The molecule has 0 saturated heterocycles. The van der Waals surface area contributed by atoms with E-state index >= 15 is 0 Å². The van der Waals surface area contributed by atoms with Crippen molar-refractivity contribution in [3.8, 4) is 0 Å². The molecule has 0 aliphatic heterocycles. The average Bonchev–Trinajstić information content (AvgIpc) is 2.65. The summed E-state index contributed by atoms with van der Waals surface area (Å²) in [6.07, 6.45) is 1.88. The topological polar surface area (TPSA) is 69.9 Å². The molecule has 0 N–H and O–H groups in total. The number of carbonyl (C=O) groups is 1. The molecule has 6 nitrogen and oxygen atoms in total. The Morgan fingerprint density at radius 1 is 1.11 bits per heavy atom. The first-order chi connectivity index (χ1) is 12.9. The Kier molecular flexibility index (Phi) is 5.66. The molecule has 3 aromatic rings. The third-order valence-electron chi connectivity index (χ3n) is 3.98. The van der Waals surface area contributed by atoms with Gasteiger partial charge in [-0.3, -0.25) is 9.20 Å². The molecule has 0 radical (unpaired) electrons. The van der Waals surface area contributed by atoms with Crippen LogP contribution in [0.15, 0.2) is 53.5 Å². The molecule has 1 aromatic carbocycles. The van der Waals surface area contributed by atoms with E-state index in [0.29, 0.717) is 23.5 Å².